The maximum Gasteiger partial charge on any atom is 0.186 e. The minimum absolute atomic E-state index is 0. The van der Waals surface area contributed by atoms with Crippen molar-refractivity contribution in [2.24, 2.45) is 0 Å². The van der Waals surface area contributed by atoms with Gasteiger partial charge in [-0.1, -0.05) is 60.1 Å². The van der Waals surface area contributed by atoms with Crippen molar-refractivity contribution in [1.29, 1.82) is 0 Å². The fourth-order valence-corrected chi connectivity index (χ4v) is 5.02. The first kappa shape index (κ1) is 25.8. The minimum Gasteiger partial charge on any atom is -0.489 e. The van der Waals surface area contributed by atoms with Crippen molar-refractivity contribution in [3.8, 4) is 17.0 Å². The number of nitrogens with one attached hydrogen (secondary N) is 1. The van der Waals surface area contributed by atoms with Gasteiger partial charge in [0.25, 0.3) is 0 Å². The van der Waals surface area contributed by atoms with E-state index in [9.17, 15) is 0 Å². The molecule has 9 heteroatoms. The van der Waals surface area contributed by atoms with Gasteiger partial charge in [0.05, 0.1) is 11.1 Å². The first-order valence-corrected chi connectivity index (χ1v) is 12.8. The fourth-order valence-electron chi connectivity index (χ4n) is 4.85. The lowest BCUT2D eigenvalue weighted by atomic mass is 10.1. The number of halogens is 2. The molecule has 1 N–H and O–H groups in total. The van der Waals surface area contributed by atoms with Crippen LogP contribution in [0.2, 0.25) is 5.02 Å². The van der Waals surface area contributed by atoms with Gasteiger partial charge in [0.1, 0.15) is 24.5 Å². The lowest BCUT2D eigenvalue weighted by Crippen LogP contribution is -2.47. The molecule has 1 saturated heterocycles. The van der Waals surface area contributed by atoms with Crippen LogP contribution in [-0.2, 0) is 6.61 Å². The van der Waals surface area contributed by atoms with Crippen molar-refractivity contribution in [3.63, 3.8) is 0 Å². The van der Waals surface area contributed by atoms with Crippen LogP contribution in [0.25, 0.3) is 22.3 Å². The van der Waals surface area contributed by atoms with Crippen LogP contribution in [0.1, 0.15) is 11.1 Å². The molecule has 7 nitrogen and oxygen atoms in total. The molecule has 0 saturated carbocycles. The van der Waals surface area contributed by atoms with Crippen LogP contribution in [0.4, 0.5) is 11.5 Å². The standard InChI is InChI=1S/C29H27ClN6O.ClH/c1-20-10-11-23(30)17-25(20)35-12-14-36(15-13-35)29-26-27(33-34-28(26)31-19-32-29)22-8-5-9-24(16-22)37-18-21-6-3-2-4-7-21;/h2-11,16-17,19H,12-15,18H2,1H3,(H,31,32,33,34);1H. The molecule has 38 heavy (non-hydrogen) atoms. The third kappa shape index (κ3) is 5.26. The maximum atomic E-state index is 6.28. The predicted octanol–water partition coefficient (Wildman–Crippen LogP) is 6.31. The average Bonchev–Trinajstić information content (AvgIpc) is 3.39. The Morgan fingerprint density at radius 2 is 1.68 bits per heavy atom. The zero-order valence-corrected chi connectivity index (χ0v) is 22.5. The van der Waals surface area contributed by atoms with E-state index in [2.05, 4.69) is 62.2 Å². The Bertz CT molecular complexity index is 1530. The molecule has 1 fully saturated rings. The van der Waals surface area contributed by atoms with Gasteiger partial charge in [-0.3, -0.25) is 5.10 Å². The second-order valence-corrected chi connectivity index (χ2v) is 9.64. The molecule has 0 unspecified atom stereocenters. The van der Waals surface area contributed by atoms with E-state index in [1.807, 2.05) is 42.5 Å². The fraction of sp³-hybridized carbons (Fsp3) is 0.207. The summed E-state index contributed by atoms with van der Waals surface area (Å²) in [5, 5.41) is 9.38. The summed E-state index contributed by atoms with van der Waals surface area (Å²) in [4.78, 5) is 13.8. The molecule has 0 atom stereocenters. The maximum absolute atomic E-state index is 6.28. The SMILES string of the molecule is Cc1ccc(Cl)cc1N1CCN(c2ncnc3n[nH]c(-c4cccc(OCc5ccccc5)c4)c23)CC1.Cl. The van der Waals surface area contributed by atoms with E-state index in [4.69, 9.17) is 21.3 Å². The summed E-state index contributed by atoms with van der Waals surface area (Å²) >= 11 is 6.28. The molecule has 3 heterocycles. The number of aromatic amines is 1. The summed E-state index contributed by atoms with van der Waals surface area (Å²) < 4.78 is 6.07. The second kappa shape index (κ2) is 11.3. The van der Waals surface area contributed by atoms with Gasteiger partial charge in [0.15, 0.2) is 5.65 Å². The van der Waals surface area contributed by atoms with E-state index in [1.165, 1.54) is 11.3 Å². The number of H-pyrrole nitrogens is 1. The molecule has 1 aliphatic rings. The molecule has 194 valence electrons. The van der Waals surface area contributed by atoms with E-state index >= 15 is 0 Å². The van der Waals surface area contributed by atoms with Crippen LogP contribution in [0, 0.1) is 6.92 Å². The zero-order chi connectivity index (χ0) is 25.2. The zero-order valence-electron chi connectivity index (χ0n) is 21.0. The van der Waals surface area contributed by atoms with Crippen LogP contribution in [0.15, 0.2) is 79.1 Å². The number of aromatic nitrogens is 4. The van der Waals surface area contributed by atoms with E-state index in [0.29, 0.717) is 12.3 Å². The van der Waals surface area contributed by atoms with Crippen molar-refractivity contribution in [3.05, 3.63) is 95.3 Å². The van der Waals surface area contributed by atoms with Gasteiger partial charge in [-0.05, 0) is 42.3 Å². The monoisotopic (exact) mass is 546 g/mol. The first-order valence-electron chi connectivity index (χ1n) is 12.4. The molecular formula is C29H28Cl2N6O. The molecule has 0 radical (unpaired) electrons. The summed E-state index contributed by atoms with van der Waals surface area (Å²) in [6.07, 6.45) is 1.59. The average molecular weight is 547 g/mol. The number of rotatable bonds is 6. The Labute approximate surface area is 232 Å². The summed E-state index contributed by atoms with van der Waals surface area (Å²) in [5.41, 5.74) is 6.08. The molecule has 0 bridgehead atoms. The van der Waals surface area contributed by atoms with E-state index in [1.54, 1.807) is 6.33 Å². The molecule has 0 spiro atoms. The van der Waals surface area contributed by atoms with Gasteiger partial charge in [0, 0.05) is 42.5 Å². The van der Waals surface area contributed by atoms with Crippen LogP contribution in [-0.4, -0.2) is 46.3 Å². The highest BCUT2D eigenvalue weighted by atomic mass is 35.5. The number of fused-ring (bicyclic) bond motifs is 1. The number of aryl methyl sites for hydroxylation is 1. The molecular weight excluding hydrogens is 519 g/mol. The molecule has 2 aromatic heterocycles. The minimum atomic E-state index is 0. The van der Waals surface area contributed by atoms with E-state index in [-0.39, 0.29) is 12.4 Å². The van der Waals surface area contributed by atoms with Gasteiger partial charge in [-0.15, -0.1) is 12.4 Å². The van der Waals surface area contributed by atoms with Gasteiger partial charge in [0.2, 0.25) is 0 Å². The molecule has 3 aromatic carbocycles. The highest BCUT2D eigenvalue weighted by molar-refractivity contribution is 6.30. The number of benzene rings is 3. The van der Waals surface area contributed by atoms with Crippen LogP contribution in [0.5, 0.6) is 5.75 Å². The number of hydrogen-bond donors (Lipinski definition) is 1. The molecule has 5 aromatic rings. The summed E-state index contributed by atoms with van der Waals surface area (Å²) in [7, 11) is 0. The third-order valence-electron chi connectivity index (χ3n) is 6.79. The Morgan fingerprint density at radius 1 is 0.895 bits per heavy atom. The van der Waals surface area contributed by atoms with Gasteiger partial charge in [-0.25, -0.2) is 9.97 Å². The molecule has 6 rings (SSSR count). The largest absolute Gasteiger partial charge is 0.489 e. The number of anilines is 2. The lowest BCUT2D eigenvalue weighted by Gasteiger charge is -2.37. The lowest BCUT2D eigenvalue weighted by molar-refractivity contribution is 0.306. The quantitative estimate of drug-likeness (QED) is 0.269. The van der Waals surface area contributed by atoms with Crippen LogP contribution in [0.3, 0.4) is 0 Å². The smallest absolute Gasteiger partial charge is 0.186 e. The number of nitrogens with zero attached hydrogens (tertiary/aromatic N) is 5. The molecule has 1 aliphatic heterocycles. The highest BCUT2D eigenvalue weighted by Gasteiger charge is 2.24. The summed E-state index contributed by atoms with van der Waals surface area (Å²) in [5.74, 6) is 1.69. The summed E-state index contributed by atoms with van der Waals surface area (Å²) in [6.45, 7) is 6.07. The van der Waals surface area contributed by atoms with E-state index < -0.39 is 0 Å². The first-order chi connectivity index (χ1) is 18.2. The normalized spacial score (nSPS) is 13.4. The van der Waals surface area contributed by atoms with Crippen molar-refractivity contribution in [2.45, 2.75) is 13.5 Å². The number of piperazine rings is 1. The Balaban J connectivity index is 0.00000294. The Morgan fingerprint density at radius 3 is 2.50 bits per heavy atom. The summed E-state index contributed by atoms with van der Waals surface area (Å²) in [6, 6.07) is 24.3. The van der Waals surface area contributed by atoms with Crippen LogP contribution >= 0.6 is 24.0 Å². The predicted molar refractivity (Wildman–Crippen MR) is 156 cm³/mol. The van der Waals surface area contributed by atoms with Crippen LogP contribution < -0.4 is 14.5 Å². The molecule has 0 amide bonds. The van der Waals surface area contributed by atoms with E-state index in [0.717, 1.165) is 65.0 Å². The third-order valence-corrected chi connectivity index (χ3v) is 7.03. The van der Waals surface area contributed by atoms with Crippen molar-refractivity contribution in [2.75, 3.05) is 36.0 Å². The molecule has 0 aliphatic carbocycles. The van der Waals surface area contributed by atoms with Gasteiger partial charge in [-0.2, -0.15) is 5.10 Å². The number of hydrogen-bond acceptors (Lipinski definition) is 6. The van der Waals surface area contributed by atoms with Crippen molar-refractivity contribution >= 4 is 46.5 Å². The van der Waals surface area contributed by atoms with Gasteiger partial charge >= 0.3 is 0 Å². The van der Waals surface area contributed by atoms with Crippen molar-refractivity contribution < 1.29 is 4.74 Å². The highest BCUT2D eigenvalue weighted by Crippen LogP contribution is 2.34. The Hall–Kier alpha value is -3.81. The van der Waals surface area contributed by atoms with Gasteiger partial charge < -0.3 is 14.5 Å². The Kier molecular flexibility index (Phi) is 7.67. The van der Waals surface area contributed by atoms with Crippen molar-refractivity contribution in [1.82, 2.24) is 20.2 Å². The second-order valence-electron chi connectivity index (χ2n) is 9.20. The number of ether oxygens (including phenoxy) is 1. The topological polar surface area (TPSA) is 70.2 Å².